The molecule has 9 rings (SSSR count). The van der Waals surface area contributed by atoms with Gasteiger partial charge in [0.2, 0.25) is 0 Å². The summed E-state index contributed by atoms with van der Waals surface area (Å²) in [5.41, 5.74) is 16.9. The Morgan fingerprint density at radius 3 is 1.83 bits per heavy atom. The minimum atomic E-state index is 0.923. The van der Waals surface area contributed by atoms with E-state index in [2.05, 4.69) is 153 Å². The predicted molar refractivity (Wildman–Crippen MR) is 219 cm³/mol. The van der Waals surface area contributed by atoms with Gasteiger partial charge in [-0.15, -0.1) is 0 Å². The van der Waals surface area contributed by atoms with Crippen molar-refractivity contribution in [1.82, 2.24) is 0 Å². The molecule has 4 aromatic carbocycles. The van der Waals surface area contributed by atoms with Gasteiger partial charge in [0.15, 0.2) is 0 Å². The van der Waals surface area contributed by atoms with E-state index < -0.39 is 0 Å². The molecule has 53 heavy (non-hydrogen) atoms. The fourth-order valence-corrected chi connectivity index (χ4v) is 8.58. The van der Waals surface area contributed by atoms with Gasteiger partial charge in [-0.25, -0.2) is 4.42 Å². The summed E-state index contributed by atoms with van der Waals surface area (Å²) in [5.74, 6) is 3.96. The molecule has 0 fully saturated rings. The van der Waals surface area contributed by atoms with Crippen molar-refractivity contribution in [3.05, 3.63) is 202 Å². The second-order valence-corrected chi connectivity index (χ2v) is 14.7. The first-order valence-electron chi connectivity index (χ1n) is 19.4. The fourth-order valence-electron chi connectivity index (χ4n) is 8.58. The molecule has 5 aromatic rings. The zero-order valence-corrected chi connectivity index (χ0v) is 30.5. The summed E-state index contributed by atoms with van der Waals surface area (Å²) in [4.78, 5) is 0. The molecule has 0 saturated heterocycles. The van der Waals surface area contributed by atoms with E-state index >= 15 is 0 Å². The maximum Gasteiger partial charge on any atom is 0.361 e. The number of allylic oxidation sites excluding steroid dienone is 10. The third-order valence-electron chi connectivity index (χ3n) is 11.3. The lowest BCUT2D eigenvalue weighted by atomic mass is 9.81. The number of rotatable bonds is 6. The van der Waals surface area contributed by atoms with Crippen molar-refractivity contribution in [2.75, 3.05) is 0 Å². The van der Waals surface area contributed by atoms with Crippen LogP contribution in [-0.4, -0.2) is 0 Å². The molecular formula is C51H45O2+. The normalized spacial score (nSPS) is 18.8. The van der Waals surface area contributed by atoms with Gasteiger partial charge in [0.25, 0.3) is 0 Å². The van der Waals surface area contributed by atoms with E-state index in [-0.39, 0.29) is 0 Å². The Balaban J connectivity index is 1.13. The Morgan fingerprint density at radius 1 is 0.547 bits per heavy atom. The van der Waals surface area contributed by atoms with Crippen molar-refractivity contribution in [2.45, 2.75) is 64.7 Å². The van der Waals surface area contributed by atoms with Gasteiger partial charge in [-0.2, -0.15) is 0 Å². The first-order chi connectivity index (χ1) is 26.2. The summed E-state index contributed by atoms with van der Waals surface area (Å²) < 4.78 is 13.8. The Hall–Kier alpha value is -5.73. The van der Waals surface area contributed by atoms with Crippen LogP contribution >= 0.6 is 0 Å². The Morgan fingerprint density at radius 2 is 1.11 bits per heavy atom. The standard InChI is InChI=1S/C51H45O2/c1-35-40(31-42-27-15-29-44-46(36-17-6-2-7-18-36)33-48(52-50(42)44)38-21-10-4-11-22-38)25-14-26-41(35)32-43-28-16-30-45-47(37-19-8-3-9-20-37)34-49(53-51(43)45)39-23-12-5-13-24-39/h2-13,17-24,31-34H,14-16,25-30H2,1H3/q+1. The highest BCUT2D eigenvalue weighted by molar-refractivity contribution is 5.89. The molecule has 2 heterocycles. The molecule has 0 amide bonds. The zero-order valence-electron chi connectivity index (χ0n) is 30.5. The van der Waals surface area contributed by atoms with Gasteiger partial charge >= 0.3 is 11.5 Å². The van der Waals surface area contributed by atoms with Gasteiger partial charge in [-0.1, -0.05) is 115 Å². The maximum atomic E-state index is 6.90. The van der Waals surface area contributed by atoms with Crippen LogP contribution in [0.15, 0.2) is 184 Å². The van der Waals surface area contributed by atoms with Gasteiger partial charge in [-0.05, 0) is 128 Å². The van der Waals surface area contributed by atoms with Crippen LogP contribution in [0, 0.1) is 0 Å². The minimum absolute atomic E-state index is 0.923. The van der Waals surface area contributed by atoms with Crippen LogP contribution < -0.4 is 0 Å². The van der Waals surface area contributed by atoms with Crippen LogP contribution in [0.5, 0.6) is 0 Å². The average molecular weight is 690 g/mol. The number of benzene rings is 4. The van der Waals surface area contributed by atoms with Crippen molar-refractivity contribution in [3.63, 3.8) is 0 Å². The van der Waals surface area contributed by atoms with Crippen LogP contribution in [0.1, 0.15) is 80.7 Å². The summed E-state index contributed by atoms with van der Waals surface area (Å²) >= 11 is 0. The predicted octanol–water partition coefficient (Wildman–Crippen LogP) is 14.0. The van der Waals surface area contributed by atoms with Crippen molar-refractivity contribution in [3.8, 4) is 22.5 Å². The summed E-state index contributed by atoms with van der Waals surface area (Å²) in [7, 11) is 0. The summed E-state index contributed by atoms with van der Waals surface area (Å²) in [5, 5.41) is 0. The van der Waals surface area contributed by atoms with E-state index in [0.717, 1.165) is 92.0 Å². The van der Waals surface area contributed by atoms with Crippen molar-refractivity contribution >= 4 is 16.9 Å². The monoisotopic (exact) mass is 689 g/mol. The largest absolute Gasteiger partial charge is 0.456 e. The van der Waals surface area contributed by atoms with E-state index in [1.165, 1.54) is 61.3 Å². The Labute approximate surface area is 313 Å². The van der Waals surface area contributed by atoms with E-state index in [4.69, 9.17) is 9.15 Å². The van der Waals surface area contributed by atoms with E-state index in [1.807, 2.05) is 0 Å². The number of ether oxygens (including phenoxy) is 1. The van der Waals surface area contributed by atoms with E-state index in [0.29, 0.717) is 0 Å². The van der Waals surface area contributed by atoms with Crippen molar-refractivity contribution < 1.29 is 9.15 Å². The van der Waals surface area contributed by atoms with E-state index in [1.54, 1.807) is 0 Å². The van der Waals surface area contributed by atoms with Crippen molar-refractivity contribution in [2.24, 2.45) is 0 Å². The Kier molecular flexibility index (Phi) is 9.20. The summed E-state index contributed by atoms with van der Waals surface area (Å²) in [6, 6.07) is 45.0. The first-order valence-corrected chi connectivity index (χ1v) is 19.4. The zero-order chi connectivity index (χ0) is 35.6. The smallest absolute Gasteiger partial charge is 0.361 e. The molecule has 2 heteroatoms. The average Bonchev–Trinajstić information content (AvgIpc) is 3.23. The van der Waals surface area contributed by atoms with Crippen molar-refractivity contribution in [1.29, 1.82) is 0 Å². The quantitative estimate of drug-likeness (QED) is 0.165. The van der Waals surface area contributed by atoms with Gasteiger partial charge < -0.3 is 4.74 Å². The topological polar surface area (TPSA) is 20.5 Å². The lowest BCUT2D eigenvalue weighted by Gasteiger charge is -2.30. The molecule has 0 atom stereocenters. The highest BCUT2D eigenvalue weighted by Crippen LogP contribution is 2.46. The number of hydrogen-bond acceptors (Lipinski definition) is 1. The van der Waals surface area contributed by atoms with Gasteiger partial charge in [0.05, 0.1) is 22.8 Å². The van der Waals surface area contributed by atoms with Gasteiger partial charge in [0, 0.05) is 16.7 Å². The molecular weight excluding hydrogens is 645 g/mol. The van der Waals surface area contributed by atoms with Crippen LogP contribution in [0.3, 0.4) is 0 Å². The molecule has 0 spiro atoms. The van der Waals surface area contributed by atoms with Gasteiger partial charge in [0.1, 0.15) is 11.5 Å². The molecule has 0 N–H and O–H groups in total. The molecule has 1 aliphatic heterocycles. The van der Waals surface area contributed by atoms with Crippen LogP contribution in [-0.2, 0) is 11.2 Å². The second-order valence-electron chi connectivity index (χ2n) is 14.7. The SMILES string of the molecule is CC1=C(/C=C2\CCCc3c(-c4ccccc4)cc(-c4ccccc4)[o+]c32)CCC/C1=C/C1=C2OC(c3ccccc3)=CC(c3ccccc3)=C2CCC1. The molecule has 0 bridgehead atoms. The lowest BCUT2D eigenvalue weighted by molar-refractivity contribution is 0.372. The van der Waals surface area contributed by atoms with Crippen LogP contribution in [0.2, 0.25) is 0 Å². The second kappa shape index (κ2) is 14.7. The fraction of sp³-hybridized carbons (Fsp3) is 0.196. The van der Waals surface area contributed by atoms with Crippen LogP contribution in [0.25, 0.3) is 39.4 Å². The number of hydrogen-bond donors (Lipinski definition) is 0. The Bertz CT molecular complexity index is 2350. The maximum absolute atomic E-state index is 6.90. The molecule has 2 nitrogen and oxygen atoms in total. The lowest BCUT2D eigenvalue weighted by Crippen LogP contribution is -2.12. The van der Waals surface area contributed by atoms with E-state index in [9.17, 15) is 0 Å². The molecule has 1 aromatic heterocycles. The third-order valence-corrected chi connectivity index (χ3v) is 11.3. The molecule has 0 saturated carbocycles. The highest BCUT2D eigenvalue weighted by atomic mass is 16.5. The summed E-state index contributed by atoms with van der Waals surface area (Å²) in [6.07, 6.45) is 16.9. The molecule has 260 valence electrons. The highest BCUT2D eigenvalue weighted by Gasteiger charge is 2.33. The summed E-state index contributed by atoms with van der Waals surface area (Å²) in [6.45, 7) is 2.34. The van der Waals surface area contributed by atoms with Gasteiger partial charge in [-0.3, -0.25) is 0 Å². The molecule has 0 radical (unpaired) electrons. The molecule has 0 unspecified atom stereocenters. The number of fused-ring (bicyclic) bond motifs is 2. The minimum Gasteiger partial charge on any atom is -0.456 e. The molecule has 4 aliphatic rings. The van der Waals surface area contributed by atoms with Crippen LogP contribution in [0.4, 0.5) is 0 Å². The first kappa shape index (κ1) is 33.1. The third kappa shape index (κ3) is 6.71. The molecule has 3 aliphatic carbocycles.